The van der Waals surface area contributed by atoms with Crippen molar-refractivity contribution in [2.75, 3.05) is 0 Å². The van der Waals surface area contributed by atoms with E-state index in [0.717, 1.165) is 24.8 Å². The van der Waals surface area contributed by atoms with Crippen LogP contribution in [-0.4, -0.2) is 18.9 Å². The Bertz CT molecular complexity index is 1940. The van der Waals surface area contributed by atoms with Crippen LogP contribution >= 0.6 is 0 Å². The minimum Gasteiger partial charge on any atom is -0.744 e. The van der Waals surface area contributed by atoms with E-state index in [9.17, 15) is 17.8 Å². The average Bonchev–Trinajstić information content (AvgIpc) is 3.03. The van der Waals surface area contributed by atoms with Crippen LogP contribution in [0.2, 0.25) is 0 Å². The van der Waals surface area contributed by atoms with Crippen LogP contribution in [0.5, 0.6) is 5.75 Å². The fraction of sp³-hybridized carbons (Fsp3) is 0.289. The van der Waals surface area contributed by atoms with Crippen molar-refractivity contribution in [1.29, 1.82) is 0 Å². The molecule has 0 saturated heterocycles. The highest BCUT2D eigenvalue weighted by molar-refractivity contribution is 7.85. The van der Waals surface area contributed by atoms with Gasteiger partial charge in [0.1, 0.15) is 15.9 Å². The van der Waals surface area contributed by atoms with Gasteiger partial charge in [0.05, 0.1) is 10.8 Å². The zero-order valence-electron chi connectivity index (χ0n) is 24.7. The Hall–Kier alpha value is -4.00. The molecule has 3 aliphatic carbocycles. The summed E-state index contributed by atoms with van der Waals surface area (Å²) in [6.45, 7) is 2.16. The van der Waals surface area contributed by atoms with Gasteiger partial charge in [-0.25, -0.2) is 8.42 Å². The topological polar surface area (TPSA) is 83.5 Å². The molecule has 0 N–H and O–H groups in total. The van der Waals surface area contributed by atoms with Gasteiger partial charge >= 0.3 is 5.97 Å². The Kier molecular flexibility index (Phi) is 7.51. The van der Waals surface area contributed by atoms with Crippen molar-refractivity contribution in [3.8, 4) is 5.75 Å². The molecule has 4 aromatic rings. The number of carbonyl (C=O) groups excluding carboxylic acids is 1. The number of benzene rings is 4. The largest absolute Gasteiger partial charge is 0.744 e. The summed E-state index contributed by atoms with van der Waals surface area (Å²) in [6.07, 6.45) is 12.7. The maximum Gasteiger partial charge on any atom is 0.315 e. The molecule has 4 atom stereocenters. The lowest BCUT2D eigenvalue weighted by Crippen LogP contribution is -2.39. The summed E-state index contributed by atoms with van der Waals surface area (Å²) in [5.41, 5.74) is 5.97. The number of carbonyl (C=O) groups is 1. The Morgan fingerprint density at radius 3 is 2.18 bits per heavy atom. The Morgan fingerprint density at radius 1 is 0.773 bits per heavy atom. The van der Waals surface area contributed by atoms with Crippen LogP contribution in [-0.2, 0) is 27.8 Å². The lowest BCUT2D eigenvalue weighted by molar-refractivity contribution is -0.141. The first-order valence-electron chi connectivity index (χ1n) is 15.5. The molecule has 3 aliphatic rings. The van der Waals surface area contributed by atoms with E-state index >= 15 is 0 Å². The number of fused-ring (bicyclic) bond motifs is 8. The summed E-state index contributed by atoms with van der Waals surface area (Å²) >= 11 is 0. The summed E-state index contributed by atoms with van der Waals surface area (Å²) in [5, 5.41) is 2.35. The predicted molar refractivity (Wildman–Crippen MR) is 171 cm³/mol. The molecule has 0 spiro atoms. The molecule has 6 heteroatoms. The highest BCUT2D eigenvalue weighted by atomic mass is 32.2. The van der Waals surface area contributed by atoms with E-state index in [1.807, 2.05) is 6.07 Å². The number of rotatable bonds is 4. The zero-order chi connectivity index (χ0) is 30.4. The number of aryl methyl sites for hydroxylation is 1. The molecule has 0 saturated carbocycles. The summed E-state index contributed by atoms with van der Waals surface area (Å²) in [4.78, 5) is 14.5. The van der Waals surface area contributed by atoms with Gasteiger partial charge in [-0.2, -0.15) is 0 Å². The highest BCUT2D eigenvalue weighted by Gasteiger charge is 2.48. The van der Waals surface area contributed by atoms with Gasteiger partial charge in [0, 0.05) is 11.8 Å². The van der Waals surface area contributed by atoms with Crippen LogP contribution in [0.4, 0.5) is 0 Å². The van der Waals surface area contributed by atoms with Crippen molar-refractivity contribution in [3.63, 3.8) is 0 Å². The second-order valence-corrected chi connectivity index (χ2v) is 13.7. The molecule has 7 rings (SSSR count). The van der Waals surface area contributed by atoms with Crippen molar-refractivity contribution in [2.24, 2.45) is 5.92 Å². The minimum atomic E-state index is -4.64. The molecule has 2 bridgehead atoms. The van der Waals surface area contributed by atoms with E-state index in [2.05, 4.69) is 85.8 Å². The second-order valence-electron chi connectivity index (χ2n) is 12.3. The molecular weight excluding hydrogens is 568 g/mol. The van der Waals surface area contributed by atoms with Crippen LogP contribution in [0, 0.1) is 12.8 Å². The Balaban J connectivity index is 1.40. The van der Waals surface area contributed by atoms with Crippen LogP contribution in [0.3, 0.4) is 0 Å². The summed E-state index contributed by atoms with van der Waals surface area (Å²) < 4.78 is 42.6. The SMILES string of the molecule is Cc1c(C2C3C/C=C\C=C/CC(c4ccccc43)C2C(=O)Oc2ccc(S(=O)(=O)[O-])c3c2CCCC3)ccc2ccccc12. The molecule has 224 valence electrons. The van der Waals surface area contributed by atoms with Gasteiger partial charge in [0.25, 0.3) is 0 Å². The third kappa shape index (κ3) is 5.00. The number of ether oxygens (including phenoxy) is 1. The number of hydrogen-bond donors (Lipinski definition) is 0. The van der Waals surface area contributed by atoms with E-state index < -0.39 is 16.0 Å². The first-order valence-corrected chi connectivity index (χ1v) is 16.9. The number of hydrogen-bond acceptors (Lipinski definition) is 5. The molecule has 0 aliphatic heterocycles. The predicted octanol–water partition coefficient (Wildman–Crippen LogP) is 8.02. The smallest absolute Gasteiger partial charge is 0.315 e. The Labute approximate surface area is 259 Å². The molecule has 44 heavy (non-hydrogen) atoms. The first-order chi connectivity index (χ1) is 21.3. The van der Waals surface area contributed by atoms with Crippen LogP contribution < -0.4 is 4.74 Å². The lowest BCUT2D eigenvalue weighted by Gasteiger charge is -2.44. The van der Waals surface area contributed by atoms with Crippen molar-refractivity contribution < 1.29 is 22.5 Å². The molecule has 0 radical (unpaired) electrons. The van der Waals surface area contributed by atoms with Gasteiger partial charge in [-0.3, -0.25) is 4.79 Å². The van der Waals surface area contributed by atoms with Gasteiger partial charge in [-0.1, -0.05) is 85.0 Å². The van der Waals surface area contributed by atoms with Crippen molar-refractivity contribution in [3.05, 3.63) is 130 Å². The molecule has 0 heterocycles. The van der Waals surface area contributed by atoms with E-state index in [4.69, 9.17) is 4.74 Å². The lowest BCUT2D eigenvalue weighted by atomic mass is 9.59. The van der Waals surface area contributed by atoms with Crippen molar-refractivity contribution >= 4 is 26.9 Å². The van der Waals surface area contributed by atoms with Crippen molar-refractivity contribution in [2.45, 2.75) is 68.1 Å². The second kappa shape index (κ2) is 11.5. The van der Waals surface area contributed by atoms with Crippen LogP contribution in [0.25, 0.3) is 10.8 Å². The molecular formula is C38H35O5S-. The van der Waals surface area contributed by atoms with Gasteiger partial charge < -0.3 is 9.29 Å². The summed E-state index contributed by atoms with van der Waals surface area (Å²) in [6, 6.07) is 24.1. The Morgan fingerprint density at radius 2 is 1.43 bits per heavy atom. The van der Waals surface area contributed by atoms with Gasteiger partial charge in [0.2, 0.25) is 0 Å². The maximum absolute atomic E-state index is 14.7. The van der Waals surface area contributed by atoms with Gasteiger partial charge in [-0.15, -0.1) is 0 Å². The van der Waals surface area contributed by atoms with Gasteiger partial charge in [-0.05, 0) is 108 Å². The molecule has 0 amide bonds. The van der Waals surface area contributed by atoms with E-state index in [0.29, 0.717) is 36.1 Å². The van der Waals surface area contributed by atoms with E-state index in [1.165, 1.54) is 39.6 Å². The highest BCUT2D eigenvalue weighted by Crippen LogP contribution is 2.55. The average molecular weight is 604 g/mol. The summed E-state index contributed by atoms with van der Waals surface area (Å²) in [5.74, 6) is -0.596. The van der Waals surface area contributed by atoms with E-state index in [-0.39, 0.29) is 28.6 Å². The molecule has 4 aromatic carbocycles. The van der Waals surface area contributed by atoms with Crippen LogP contribution in [0.1, 0.15) is 76.8 Å². The number of esters is 1. The fourth-order valence-corrected chi connectivity index (χ4v) is 8.82. The molecule has 4 unspecified atom stereocenters. The monoisotopic (exact) mass is 603 g/mol. The molecule has 0 aromatic heterocycles. The normalized spacial score (nSPS) is 24.2. The minimum absolute atomic E-state index is 0.0597. The summed E-state index contributed by atoms with van der Waals surface area (Å²) in [7, 11) is -4.64. The van der Waals surface area contributed by atoms with Crippen LogP contribution in [0.15, 0.2) is 102 Å². The maximum atomic E-state index is 14.7. The first kappa shape index (κ1) is 28.8. The van der Waals surface area contributed by atoms with Gasteiger partial charge in [0.15, 0.2) is 0 Å². The third-order valence-electron chi connectivity index (χ3n) is 10.0. The molecule has 5 nitrogen and oxygen atoms in total. The van der Waals surface area contributed by atoms with E-state index in [1.54, 1.807) is 0 Å². The zero-order valence-corrected chi connectivity index (χ0v) is 25.6. The fourth-order valence-electron chi connectivity index (χ4n) is 8.06. The number of allylic oxidation sites excluding steroid dienone is 4. The third-order valence-corrected chi connectivity index (χ3v) is 10.9. The standard InChI is InChI=1S/C38H36O5S/c1-24-26-13-7-6-12-25(26)20-21-27(24)36-32-18-4-2-3-5-19-33(29-15-9-8-14-28(29)32)37(36)38(39)43-34-22-23-35(44(40,41)42)31-17-11-10-16-30(31)34/h2-9,12-15,20-23,32-33,36-37H,10-11,16-19H2,1H3,(H,40,41,42)/p-1/b4-2-,5-3-. The molecule has 0 fully saturated rings. The van der Waals surface area contributed by atoms with Crippen molar-refractivity contribution in [1.82, 2.24) is 0 Å². The quantitative estimate of drug-likeness (QED) is 0.134.